The van der Waals surface area contributed by atoms with Crippen LogP contribution in [0.2, 0.25) is 0 Å². The molecule has 0 aliphatic carbocycles. The molecule has 1 N–H and O–H groups in total. The Morgan fingerprint density at radius 3 is 2.88 bits per heavy atom. The molecule has 1 saturated heterocycles. The third-order valence-corrected chi connectivity index (χ3v) is 3.86. The van der Waals surface area contributed by atoms with Gasteiger partial charge in [-0.3, -0.25) is 4.79 Å². The fourth-order valence-electron chi connectivity index (χ4n) is 1.50. The molecular weight excluding hydrogens is 308 g/mol. The molecule has 0 aromatic carbocycles. The van der Waals surface area contributed by atoms with E-state index in [1.54, 1.807) is 12.1 Å². The van der Waals surface area contributed by atoms with Crippen LogP contribution in [-0.4, -0.2) is 44.5 Å². The predicted octanol–water partition coefficient (Wildman–Crippen LogP) is 1.44. The van der Waals surface area contributed by atoms with Crippen molar-refractivity contribution >= 4 is 39.6 Å². The maximum Gasteiger partial charge on any atom is 0.327 e. The number of hydrogen-bond donors (Lipinski definition) is 1. The Balaban J connectivity index is 2.19. The molecule has 2 rings (SSSR count). The van der Waals surface area contributed by atoms with Crippen molar-refractivity contribution in [1.29, 1.82) is 0 Å². The molecule has 0 bridgehead atoms. The van der Waals surface area contributed by atoms with Crippen molar-refractivity contribution in [3.05, 3.63) is 28.5 Å². The van der Waals surface area contributed by atoms with Gasteiger partial charge in [0.1, 0.15) is 11.7 Å². The Labute approximate surface area is 110 Å². The molecule has 0 spiro atoms. The quantitative estimate of drug-likeness (QED) is 0.894. The van der Waals surface area contributed by atoms with Gasteiger partial charge in [-0.15, -0.1) is 11.8 Å². The van der Waals surface area contributed by atoms with Gasteiger partial charge in [-0.1, -0.05) is 0 Å². The summed E-state index contributed by atoms with van der Waals surface area (Å²) in [6.07, 6.45) is 1.52. The van der Waals surface area contributed by atoms with Gasteiger partial charge in [-0.05, 0) is 28.1 Å². The Bertz CT molecular complexity index is 451. The second-order valence-electron chi connectivity index (χ2n) is 3.49. The number of halogens is 1. The van der Waals surface area contributed by atoms with E-state index in [1.807, 2.05) is 0 Å². The van der Waals surface area contributed by atoms with Crippen molar-refractivity contribution in [2.75, 3.05) is 11.6 Å². The summed E-state index contributed by atoms with van der Waals surface area (Å²) in [5, 5.41) is 8.99. The molecule has 1 fully saturated rings. The Morgan fingerprint density at radius 1 is 1.53 bits per heavy atom. The molecule has 17 heavy (non-hydrogen) atoms. The van der Waals surface area contributed by atoms with E-state index < -0.39 is 12.0 Å². The fourth-order valence-corrected chi connectivity index (χ4v) is 2.88. The van der Waals surface area contributed by atoms with Gasteiger partial charge in [-0.25, -0.2) is 9.78 Å². The molecule has 0 saturated carbocycles. The van der Waals surface area contributed by atoms with Crippen LogP contribution in [0.4, 0.5) is 0 Å². The summed E-state index contributed by atoms with van der Waals surface area (Å²) < 4.78 is 0.777. The summed E-state index contributed by atoms with van der Waals surface area (Å²) in [7, 11) is 0. The van der Waals surface area contributed by atoms with Gasteiger partial charge in [0.2, 0.25) is 0 Å². The highest BCUT2D eigenvalue weighted by atomic mass is 79.9. The molecule has 5 nitrogen and oxygen atoms in total. The van der Waals surface area contributed by atoms with E-state index in [2.05, 4.69) is 20.9 Å². The molecule has 7 heteroatoms. The minimum Gasteiger partial charge on any atom is -0.480 e. The SMILES string of the molecule is O=C(O)[C@@H]1CSCN1C(=O)c1ccc(Br)cn1. The lowest BCUT2D eigenvalue weighted by Crippen LogP contribution is -2.42. The standard InChI is InChI=1S/C10H9BrN2O3S/c11-6-1-2-7(12-3-6)9(14)13-5-17-4-8(13)10(15)16/h1-3,8H,4-5H2,(H,15,16)/t8-/m0/s1. The second-order valence-corrected chi connectivity index (χ2v) is 5.41. The van der Waals surface area contributed by atoms with Crippen molar-refractivity contribution in [3.63, 3.8) is 0 Å². The van der Waals surface area contributed by atoms with Gasteiger partial charge in [0.25, 0.3) is 5.91 Å². The molecule has 1 aliphatic heterocycles. The first-order valence-electron chi connectivity index (χ1n) is 4.82. The number of carbonyl (C=O) groups excluding carboxylic acids is 1. The normalized spacial score (nSPS) is 19.4. The zero-order chi connectivity index (χ0) is 12.4. The van der Waals surface area contributed by atoms with Crippen LogP contribution in [0.1, 0.15) is 10.5 Å². The van der Waals surface area contributed by atoms with Crippen molar-refractivity contribution in [2.45, 2.75) is 6.04 Å². The van der Waals surface area contributed by atoms with Crippen LogP contribution in [0.15, 0.2) is 22.8 Å². The van der Waals surface area contributed by atoms with Gasteiger partial charge in [0.05, 0.1) is 5.88 Å². The smallest absolute Gasteiger partial charge is 0.327 e. The third-order valence-electron chi connectivity index (χ3n) is 2.37. The number of aromatic nitrogens is 1. The van der Waals surface area contributed by atoms with Crippen LogP contribution < -0.4 is 0 Å². The second kappa shape index (κ2) is 5.05. The van der Waals surface area contributed by atoms with Gasteiger partial charge < -0.3 is 10.0 Å². The highest BCUT2D eigenvalue weighted by molar-refractivity contribution is 9.10. The summed E-state index contributed by atoms with van der Waals surface area (Å²) in [5.41, 5.74) is 0.266. The number of carbonyl (C=O) groups is 2. The largest absolute Gasteiger partial charge is 0.480 e. The molecule has 90 valence electrons. The van der Waals surface area contributed by atoms with E-state index in [0.717, 1.165) is 4.47 Å². The van der Waals surface area contributed by atoms with Crippen LogP contribution >= 0.6 is 27.7 Å². The van der Waals surface area contributed by atoms with E-state index in [4.69, 9.17) is 5.11 Å². The van der Waals surface area contributed by atoms with Crippen LogP contribution in [0.25, 0.3) is 0 Å². The monoisotopic (exact) mass is 316 g/mol. The van der Waals surface area contributed by atoms with Gasteiger partial charge in [-0.2, -0.15) is 0 Å². The van der Waals surface area contributed by atoms with Crippen LogP contribution in [-0.2, 0) is 4.79 Å². The lowest BCUT2D eigenvalue weighted by molar-refractivity contribution is -0.140. The first-order valence-corrected chi connectivity index (χ1v) is 6.77. The minimum atomic E-state index is -0.972. The van der Waals surface area contributed by atoms with E-state index in [-0.39, 0.29) is 11.6 Å². The summed E-state index contributed by atoms with van der Waals surface area (Å²) in [6.45, 7) is 0. The number of amides is 1. The number of hydrogen-bond acceptors (Lipinski definition) is 4. The number of thioether (sulfide) groups is 1. The molecule has 2 heterocycles. The van der Waals surface area contributed by atoms with Crippen molar-refractivity contribution in [2.24, 2.45) is 0 Å². The zero-order valence-electron chi connectivity index (χ0n) is 8.67. The number of aliphatic carboxylic acids is 1. The molecule has 0 unspecified atom stereocenters. The predicted molar refractivity (Wildman–Crippen MR) is 66.9 cm³/mol. The Kier molecular flexibility index (Phi) is 3.68. The van der Waals surface area contributed by atoms with E-state index in [9.17, 15) is 9.59 Å². The average Bonchev–Trinajstić information content (AvgIpc) is 2.78. The van der Waals surface area contributed by atoms with Crippen LogP contribution in [0.3, 0.4) is 0 Å². The van der Waals surface area contributed by atoms with Crippen molar-refractivity contribution < 1.29 is 14.7 Å². The number of nitrogens with zero attached hydrogens (tertiary/aromatic N) is 2. The molecule has 1 atom stereocenters. The van der Waals surface area contributed by atoms with E-state index in [0.29, 0.717) is 11.6 Å². The number of rotatable bonds is 2. The Morgan fingerprint density at radius 2 is 2.29 bits per heavy atom. The lowest BCUT2D eigenvalue weighted by atomic mass is 10.2. The summed E-state index contributed by atoms with van der Waals surface area (Å²) >= 11 is 4.66. The van der Waals surface area contributed by atoms with Crippen molar-refractivity contribution in [1.82, 2.24) is 9.88 Å². The number of carboxylic acid groups (broad SMARTS) is 1. The lowest BCUT2D eigenvalue weighted by Gasteiger charge is -2.19. The number of pyridine rings is 1. The van der Waals surface area contributed by atoms with Crippen LogP contribution in [0, 0.1) is 0 Å². The van der Waals surface area contributed by atoms with E-state index in [1.165, 1.54) is 22.9 Å². The molecule has 1 aromatic rings. The first kappa shape index (κ1) is 12.4. The summed E-state index contributed by atoms with van der Waals surface area (Å²) in [4.78, 5) is 28.3. The van der Waals surface area contributed by atoms with Gasteiger partial charge >= 0.3 is 5.97 Å². The maximum atomic E-state index is 12.0. The van der Waals surface area contributed by atoms with Crippen molar-refractivity contribution in [3.8, 4) is 0 Å². The van der Waals surface area contributed by atoms with Crippen LogP contribution in [0.5, 0.6) is 0 Å². The van der Waals surface area contributed by atoms with Gasteiger partial charge in [0.15, 0.2) is 0 Å². The molecule has 1 aliphatic rings. The zero-order valence-corrected chi connectivity index (χ0v) is 11.1. The minimum absolute atomic E-state index is 0.266. The molecule has 0 radical (unpaired) electrons. The topological polar surface area (TPSA) is 70.5 Å². The molecule has 1 amide bonds. The highest BCUT2D eigenvalue weighted by Crippen LogP contribution is 2.23. The summed E-state index contributed by atoms with van der Waals surface area (Å²) in [5.74, 6) is -0.485. The average molecular weight is 317 g/mol. The molecular formula is C10H9BrN2O3S. The maximum absolute atomic E-state index is 12.0. The summed E-state index contributed by atoms with van der Waals surface area (Å²) in [6, 6.07) is 2.53. The number of carboxylic acids is 1. The highest BCUT2D eigenvalue weighted by Gasteiger charge is 2.35. The van der Waals surface area contributed by atoms with Gasteiger partial charge in [0, 0.05) is 16.4 Å². The van der Waals surface area contributed by atoms with E-state index >= 15 is 0 Å². The Hall–Kier alpha value is -1.08. The molecule has 1 aromatic heterocycles. The third kappa shape index (κ3) is 2.61. The fraction of sp³-hybridized carbons (Fsp3) is 0.300. The first-order chi connectivity index (χ1) is 8.09.